The molecular weight excluding hydrogens is 513 g/mol. The van der Waals surface area contributed by atoms with Gasteiger partial charge in [-0.15, -0.1) is 11.6 Å². The molecule has 2 heterocycles. The first-order valence-corrected chi connectivity index (χ1v) is 13.7. The minimum Gasteiger partial charge on any atom is -0.494 e. The van der Waals surface area contributed by atoms with Gasteiger partial charge in [0.2, 0.25) is 5.91 Å². The smallest absolute Gasteiger partial charge is 0.333 e. The summed E-state index contributed by atoms with van der Waals surface area (Å²) < 4.78 is 11.6. The molecule has 2 aliphatic rings. The normalized spacial score (nSPS) is 22.0. The van der Waals surface area contributed by atoms with Gasteiger partial charge in [0, 0.05) is 29.1 Å². The topological polar surface area (TPSA) is 76.1 Å². The summed E-state index contributed by atoms with van der Waals surface area (Å²) in [6, 6.07) is 14.8. The molecule has 8 heteroatoms. The van der Waals surface area contributed by atoms with Gasteiger partial charge < -0.3 is 19.5 Å². The Bertz CT molecular complexity index is 1110. The zero-order valence-corrected chi connectivity index (χ0v) is 22.5. The number of aliphatic carboxylic acids is 1. The summed E-state index contributed by atoms with van der Waals surface area (Å²) in [6.07, 6.45) is 3.89. The number of amides is 1. The van der Waals surface area contributed by atoms with Crippen LogP contribution in [0.3, 0.4) is 0 Å². The summed E-state index contributed by atoms with van der Waals surface area (Å²) in [4.78, 5) is 28.2. The molecule has 1 unspecified atom stereocenters. The van der Waals surface area contributed by atoms with Gasteiger partial charge in [0.05, 0.1) is 30.7 Å². The average Bonchev–Trinajstić information content (AvgIpc) is 3.40. The van der Waals surface area contributed by atoms with Crippen molar-refractivity contribution in [1.82, 2.24) is 4.90 Å². The van der Waals surface area contributed by atoms with Crippen LogP contribution in [0.15, 0.2) is 59.8 Å². The van der Waals surface area contributed by atoms with Crippen LogP contribution in [-0.4, -0.2) is 53.6 Å². The number of rotatable bonds is 11. The SMILES string of the molecule is CC1=C(C(=O)O)[C@H](c2ccc(Cl)cc2)C(Cc2ccc(OCCCCCl)cc2)C(=O)N1C[C@H]1CCCO1. The van der Waals surface area contributed by atoms with Crippen LogP contribution in [0.5, 0.6) is 5.75 Å². The van der Waals surface area contributed by atoms with Crippen molar-refractivity contribution in [3.05, 3.63) is 76.0 Å². The van der Waals surface area contributed by atoms with Gasteiger partial charge in [0.1, 0.15) is 5.75 Å². The molecule has 0 aliphatic carbocycles. The van der Waals surface area contributed by atoms with Gasteiger partial charge in [-0.05, 0) is 74.4 Å². The molecule has 1 N–H and O–H groups in total. The molecule has 1 fully saturated rings. The first-order chi connectivity index (χ1) is 17.9. The van der Waals surface area contributed by atoms with Crippen molar-refractivity contribution in [2.45, 2.75) is 51.0 Å². The Hall–Kier alpha value is -2.54. The van der Waals surface area contributed by atoms with E-state index < -0.39 is 17.8 Å². The Morgan fingerprint density at radius 1 is 1.14 bits per heavy atom. The fourth-order valence-corrected chi connectivity index (χ4v) is 5.54. The monoisotopic (exact) mass is 545 g/mol. The molecule has 6 nitrogen and oxygen atoms in total. The number of carboxylic acids is 1. The number of carboxylic acid groups (broad SMARTS) is 1. The number of carbonyl (C=O) groups excluding carboxylic acids is 1. The number of allylic oxidation sites excluding steroid dienone is 1. The summed E-state index contributed by atoms with van der Waals surface area (Å²) in [7, 11) is 0. The molecule has 0 radical (unpaired) electrons. The zero-order chi connectivity index (χ0) is 26.4. The first kappa shape index (κ1) is 27.5. The summed E-state index contributed by atoms with van der Waals surface area (Å²) in [5, 5.41) is 10.9. The molecule has 0 bridgehead atoms. The molecule has 0 spiro atoms. The third-order valence-electron chi connectivity index (χ3n) is 7.14. The molecule has 2 aromatic rings. The number of ether oxygens (including phenoxy) is 2. The second-order valence-corrected chi connectivity index (χ2v) is 10.4. The highest BCUT2D eigenvalue weighted by atomic mass is 35.5. The number of halogens is 2. The number of carbonyl (C=O) groups is 2. The molecule has 198 valence electrons. The fraction of sp³-hybridized carbons (Fsp3) is 0.448. The van der Waals surface area contributed by atoms with Crippen molar-refractivity contribution in [1.29, 1.82) is 0 Å². The Balaban J connectivity index is 1.65. The minimum atomic E-state index is -1.02. The Morgan fingerprint density at radius 2 is 1.86 bits per heavy atom. The predicted octanol–water partition coefficient (Wildman–Crippen LogP) is 6.06. The van der Waals surface area contributed by atoms with Crippen molar-refractivity contribution < 1.29 is 24.2 Å². The van der Waals surface area contributed by atoms with Gasteiger partial charge in [-0.1, -0.05) is 35.9 Å². The highest BCUT2D eigenvalue weighted by Gasteiger charge is 2.44. The lowest BCUT2D eigenvalue weighted by Crippen LogP contribution is -2.47. The number of hydrogen-bond donors (Lipinski definition) is 1. The maximum Gasteiger partial charge on any atom is 0.333 e. The molecule has 2 aliphatic heterocycles. The van der Waals surface area contributed by atoms with E-state index in [-0.39, 0.29) is 17.6 Å². The molecular formula is C29H33Cl2NO5. The number of benzene rings is 2. The lowest BCUT2D eigenvalue weighted by atomic mass is 9.73. The van der Waals surface area contributed by atoms with Crippen LogP contribution >= 0.6 is 23.2 Å². The van der Waals surface area contributed by atoms with Crippen LogP contribution in [0.25, 0.3) is 0 Å². The van der Waals surface area contributed by atoms with Crippen LogP contribution in [0.4, 0.5) is 0 Å². The van der Waals surface area contributed by atoms with Crippen LogP contribution < -0.4 is 4.74 Å². The van der Waals surface area contributed by atoms with Gasteiger partial charge in [-0.25, -0.2) is 4.79 Å². The van der Waals surface area contributed by atoms with E-state index in [1.54, 1.807) is 24.0 Å². The minimum absolute atomic E-state index is 0.0839. The fourth-order valence-electron chi connectivity index (χ4n) is 5.22. The van der Waals surface area contributed by atoms with Gasteiger partial charge in [-0.2, -0.15) is 0 Å². The van der Waals surface area contributed by atoms with E-state index >= 15 is 0 Å². The quantitative estimate of drug-likeness (QED) is 0.274. The van der Waals surface area contributed by atoms with Crippen LogP contribution in [0.1, 0.15) is 49.7 Å². The van der Waals surface area contributed by atoms with Gasteiger partial charge in [0.25, 0.3) is 0 Å². The molecule has 1 amide bonds. The molecule has 3 atom stereocenters. The van der Waals surface area contributed by atoms with E-state index in [1.807, 2.05) is 36.4 Å². The zero-order valence-electron chi connectivity index (χ0n) is 21.0. The van der Waals surface area contributed by atoms with Crippen LogP contribution in [-0.2, 0) is 20.7 Å². The molecule has 37 heavy (non-hydrogen) atoms. The molecule has 0 aromatic heterocycles. The van der Waals surface area contributed by atoms with E-state index in [4.69, 9.17) is 32.7 Å². The largest absolute Gasteiger partial charge is 0.494 e. The van der Waals surface area contributed by atoms with E-state index in [0.29, 0.717) is 42.8 Å². The van der Waals surface area contributed by atoms with E-state index in [0.717, 1.165) is 42.6 Å². The first-order valence-electron chi connectivity index (χ1n) is 12.8. The maximum absolute atomic E-state index is 14.0. The molecule has 0 saturated carbocycles. The van der Waals surface area contributed by atoms with Gasteiger partial charge in [-0.3, -0.25) is 4.79 Å². The Labute approximate surface area is 228 Å². The highest BCUT2D eigenvalue weighted by Crippen LogP contribution is 2.42. The van der Waals surface area contributed by atoms with Crippen LogP contribution in [0.2, 0.25) is 5.02 Å². The third kappa shape index (κ3) is 6.67. The Kier molecular flexibility index (Phi) is 9.52. The number of hydrogen-bond acceptors (Lipinski definition) is 4. The van der Waals surface area contributed by atoms with E-state index in [9.17, 15) is 14.7 Å². The standard InChI is InChI=1S/C29H33Cl2NO5/c1-19-26(29(34)35)27(21-8-10-22(31)11-9-21)25(28(33)32(19)18-24-5-4-16-37-24)17-20-6-12-23(13-7-20)36-15-3-2-14-30/h6-13,24-25,27H,2-5,14-18H2,1H3,(H,34,35)/t24-,25?,27-/m1/s1. The number of unbranched alkanes of at least 4 members (excludes halogenated alkanes) is 1. The van der Waals surface area contributed by atoms with E-state index in [2.05, 4.69) is 0 Å². The summed E-state index contributed by atoms with van der Waals surface area (Å²) in [6.45, 7) is 3.35. The number of alkyl halides is 1. The van der Waals surface area contributed by atoms with Crippen molar-refractivity contribution in [3.8, 4) is 5.75 Å². The lowest BCUT2D eigenvalue weighted by molar-refractivity contribution is -0.139. The van der Waals surface area contributed by atoms with Crippen molar-refractivity contribution >= 4 is 35.1 Å². The molecule has 2 aromatic carbocycles. The van der Waals surface area contributed by atoms with Crippen LogP contribution in [0, 0.1) is 5.92 Å². The van der Waals surface area contributed by atoms with Gasteiger partial charge >= 0.3 is 5.97 Å². The maximum atomic E-state index is 14.0. The highest BCUT2D eigenvalue weighted by molar-refractivity contribution is 6.30. The van der Waals surface area contributed by atoms with E-state index in [1.165, 1.54) is 0 Å². The van der Waals surface area contributed by atoms with Crippen molar-refractivity contribution in [3.63, 3.8) is 0 Å². The average molecular weight is 546 g/mol. The summed E-state index contributed by atoms with van der Waals surface area (Å²) >= 11 is 11.9. The predicted molar refractivity (Wildman–Crippen MR) is 144 cm³/mol. The number of nitrogens with zero attached hydrogens (tertiary/aromatic N) is 1. The van der Waals surface area contributed by atoms with Crippen molar-refractivity contribution in [2.75, 3.05) is 25.6 Å². The molecule has 4 rings (SSSR count). The summed E-state index contributed by atoms with van der Waals surface area (Å²) in [5.41, 5.74) is 2.41. The molecule has 1 saturated heterocycles. The van der Waals surface area contributed by atoms with Gasteiger partial charge in [0.15, 0.2) is 0 Å². The summed E-state index contributed by atoms with van der Waals surface area (Å²) in [5.74, 6) is -0.929. The lowest BCUT2D eigenvalue weighted by Gasteiger charge is -2.40. The van der Waals surface area contributed by atoms with Crippen molar-refractivity contribution in [2.24, 2.45) is 5.92 Å². The second-order valence-electron chi connectivity index (χ2n) is 9.62. The second kappa shape index (κ2) is 12.8. The Morgan fingerprint density at radius 3 is 2.49 bits per heavy atom. The third-order valence-corrected chi connectivity index (χ3v) is 7.66.